The third-order valence-corrected chi connectivity index (χ3v) is 5.62. The van der Waals surface area contributed by atoms with E-state index in [-0.39, 0.29) is 11.7 Å². The Morgan fingerprint density at radius 3 is 2.48 bits per heavy atom. The molecule has 0 radical (unpaired) electrons. The van der Waals surface area contributed by atoms with Gasteiger partial charge in [0.1, 0.15) is 5.75 Å². The Balaban J connectivity index is 1.51. The number of methoxy groups -OCH3 is 1. The van der Waals surface area contributed by atoms with Gasteiger partial charge in [-0.05, 0) is 42.8 Å². The van der Waals surface area contributed by atoms with Gasteiger partial charge in [0.05, 0.1) is 23.5 Å². The van der Waals surface area contributed by atoms with Gasteiger partial charge in [-0.2, -0.15) is 13.2 Å². The first-order chi connectivity index (χ1) is 13.9. The maximum Gasteiger partial charge on any atom is 0.417 e. The Kier molecular flexibility index (Phi) is 6.89. The average Bonchev–Trinajstić information content (AvgIpc) is 2.98. The lowest BCUT2D eigenvalue weighted by Crippen LogP contribution is -2.36. The Bertz CT molecular complexity index is 813. The van der Waals surface area contributed by atoms with Crippen LogP contribution in [0.15, 0.2) is 47.6 Å². The van der Waals surface area contributed by atoms with Gasteiger partial charge in [0.15, 0.2) is 0 Å². The molecular formula is C20H22F3N3O2S. The van der Waals surface area contributed by atoms with Gasteiger partial charge in [-0.15, -0.1) is 0 Å². The highest BCUT2D eigenvalue weighted by Crippen LogP contribution is 2.29. The minimum absolute atomic E-state index is 0.0340. The fourth-order valence-electron chi connectivity index (χ4n) is 3.08. The first-order valence-corrected chi connectivity index (χ1v) is 10.2. The van der Waals surface area contributed by atoms with E-state index in [0.29, 0.717) is 18.1 Å². The predicted octanol–water partition coefficient (Wildman–Crippen LogP) is 3.94. The van der Waals surface area contributed by atoms with Gasteiger partial charge in [-0.3, -0.25) is 4.79 Å². The number of rotatable bonds is 5. The minimum atomic E-state index is -4.41. The zero-order valence-corrected chi connectivity index (χ0v) is 16.8. The molecule has 3 rings (SSSR count). The normalized spacial score (nSPS) is 15.2. The second-order valence-corrected chi connectivity index (χ2v) is 7.59. The van der Waals surface area contributed by atoms with E-state index in [1.165, 1.54) is 6.07 Å². The standard InChI is InChI=1S/C20H22F3N3O2S/c1-28-17-6-4-16(5-7-17)25-9-2-10-26(12-11-25)19(27)14-29-18-8-3-15(13-24-18)20(21,22)23/h3-8,13H,2,9-12,14H2,1H3. The topological polar surface area (TPSA) is 45.7 Å². The maximum atomic E-state index is 12.6. The summed E-state index contributed by atoms with van der Waals surface area (Å²) >= 11 is 1.15. The second-order valence-electron chi connectivity index (χ2n) is 6.59. The molecule has 0 N–H and O–H groups in total. The molecule has 0 spiro atoms. The van der Waals surface area contributed by atoms with E-state index in [0.717, 1.165) is 55.0 Å². The monoisotopic (exact) mass is 425 g/mol. The molecule has 0 aliphatic carbocycles. The fraction of sp³-hybridized carbons (Fsp3) is 0.400. The van der Waals surface area contributed by atoms with Crippen molar-refractivity contribution in [2.45, 2.75) is 17.6 Å². The molecule has 1 aromatic heterocycles. The maximum absolute atomic E-state index is 12.6. The highest BCUT2D eigenvalue weighted by atomic mass is 32.2. The molecule has 5 nitrogen and oxygen atoms in total. The summed E-state index contributed by atoms with van der Waals surface area (Å²) in [7, 11) is 1.63. The molecule has 0 atom stereocenters. The number of carbonyl (C=O) groups excluding carboxylic acids is 1. The van der Waals surface area contributed by atoms with Crippen LogP contribution in [0.25, 0.3) is 0 Å². The summed E-state index contributed by atoms with van der Waals surface area (Å²) in [6, 6.07) is 10.1. The van der Waals surface area contributed by atoms with Crippen LogP contribution in [-0.4, -0.2) is 54.8 Å². The van der Waals surface area contributed by atoms with Gasteiger partial charge in [-0.25, -0.2) is 4.98 Å². The molecule has 9 heteroatoms. The number of aromatic nitrogens is 1. The number of pyridine rings is 1. The third kappa shape index (κ3) is 5.79. The SMILES string of the molecule is COc1ccc(N2CCCN(C(=O)CSc3ccc(C(F)(F)F)cn3)CC2)cc1. The van der Waals surface area contributed by atoms with E-state index in [1.54, 1.807) is 12.0 Å². The third-order valence-electron chi connectivity index (χ3n) is 4.69. The summed E-state index contributed by atoms with van der Waals surface area (Å²) in [5.41, 5.74) is 0.294. The predicted molar refractivity (Wildman–Crippen MR) is 106 cm³/mol. The highest BCUT2D eigenvalue weighted by Gasteiger charge is 2.30. The molecule has 156 valence electrons. The summed E-state index contributed by atoms with van der Waals surface area (Å²) in [5.74, 6) is 0.920. The molecule has 1 aliphatic heterocycles. The Labute approximate surface area is 171 Å². The first-order valence-electron chi connectivity index (χ1n) is 9.19. The van der Waals surface area contributed by atoms with E-state index in [1.807, 2.05) is 24.3 Å². The van der Waals surface area contributed by atoms with E-state index in [9.17, 15) is 18.0 Å². The molecule has 1 amide bonds. The van der Waals surface area contributed by atoms with Crippen molar-refractivity contribution in [3.8, 4) is 5.75 Å². The van der Waals surface area contributed by atoms with Crippen LogP contribution in [0.4, 0.5) is 18.9 Å². The zero-order chi connectivity index (χ0) is 20.9. The lowest BCUT2D eigenvalue weighted by atomic mass is 10.2. The zero-order valence-electron chi connectivity index (χ0n) is 16.0. The van der Waals surface area contributed by atoms with Crippen LogP contribution >= 0.6 is 11.8 Å². The van der Waals surface area contributed by atoms with Crippen molar-refractivity contribution in [3.05, 3.63) is 48.2 Å². The summed E-state index contributed by atoms with van der Waals surface area (Å²) < 4.78 is 42.9. The molecule has 0 bridgehead atoms. The second kappa shape index (κ2) is 9.39. The van der Waals surface area contributed by atoms with E-state index in [4.69, 9.17) is 4.74 Å². The number of ether oxygens (including phenoxy) is 1. The molecule has 0 unspecified atom stereocenters. The van der Waals surface area contributed by atoms with Crippen molar-refractivity contribution < 1.29 is 22.7 Å². The van der Waals surface area contributed by atoms with Gasteiger partial charge in [0, 0.05) is 38.1 Å². The number of anilines is 1. The smallest absolute Gasteiger partial charge is 0.417 e. The van der Waals surface area contributed by atoms with E-state index < -0.39 is 11.7 Å². The fourth-order valence-corrected chi connectivity index (χ4v) is 3.82. The highest BCUT2D eigenvalue weighted by molar-refractivity contribution is 7.99. The van der Waals surface area contributed by atoms with Gasteiger partial charge in [0.2, 0.25) is 5.91 Å². The summed E-state index contributed by atoms with van der Waals surface area (Å²) in [6.45, 7) is 2.84. The lowest BCUT2D eigenvalue weighted by Gasteiger charge is -2.24. The quantitative estimate of drug-likeness (QED) is 0.679. The first kappa shape index (κ1) is 21.3. The van der Waals surface area contributed by atoms with Crippen LogP contribution in [0, 0.1) is 0 Å². The van der Waals surface area contributed by atoms with E-state index >= 15 is 0 Å². The molecule has 0 saturated carbocycles. The minimum Gasteiger partial charge on any atom is -0.497 e. The number of benzene rings is 1. The van der Waals surface area contributed by atoms with Crippen molar-refractivity contribution in [2.75, 3.05) is 43.9 Å². The van der Waals surface area contributed by atoms with Gasteiger partial charge >= 0.3 is 6.18 Å². The Morgan fingerprint density at radius 2 is 1.86 bits per heavy atom. The van der Waals surface area contributed by atoms with Gasteiger partial charge < -0.3 is 14.5 Å². The van der Waals surface area contributed by atoms with Crippen molar-refractivity contribution in [2.24, 2.45) is 0 Å². The molecule has 2 aromatic rings. The molecular weight excluding hydrogens is 403 g/mol. The molecule has 1 fully saturated rings. The molecule has 29 heavy (non-hydrogen) atoms. The number of amides is 1. The summed E-state index contributed by atoms with van der Waals surface area (Å²) in [4.78, 5) is 20.4. The van der Waals surface area contributed by atoms with Gasteiger partial charge in [-0.1, -0.05) is 11.8 Å². The van der Waals surface area contributed by atoms with Crippen LogP contribution < -0.4 is 9.64 Å². The van der Waals surface area contributed by atoms with Crippen molar-refractivity contribution >= 4 is 23.4 Å². The largest absolute Gasteiger partial charge is 0.497 e. The van der Waals surface area contributed by atoms with Gasteiger partial charge in [0.25, 0.3) is 0 Å². The number of hydrogen-bond donors (Lipinski definition) is 0. The number of alkyl halides is 3. The summed E-state index contributed by atoms with van der Waals surface area (Å²) in [6.07, 6.45) is -2.76. The van der Waals surface area contributed by atoms with Crippen LogP contribution in [0.2, 0.25) is 0 Å². The number of hydrogen-bond acceptors (Lipinski definition) is 5. The number of nitrogens with zero attached hydrogens (tertiary/aromatic N) is 3. The Morgan fingerprint density at radius 1 is 1.10 bits per heavy atom. The van der Waals surface area contributed by atoms with Crippen LogP contribution in [0.3, 0.4) is 0 Å². The van der Waals surface area contributed by atoms with Crippen molar-refractivity contribution in [3.63, 3.8) is 0 Å². The summed E-state index contributed by atoms with van der Waals surface area (Å²) in [5, 5.41) is 0.404. The molecule has 1 saturated heterocycles. The van der Waals surface area contributed by atoms with Crippen LogP contribution in [0.5, 0.6) is 5.75 Å². The number of carbonyl (C=O) groups is 1. The van der Waals surface area contributed by atoms with E-state index in [2.05, 4.69) is 9.88 Å². The lowest BCUT2D eigenvalue weighted by molar-refractivity contribution is -0.138. The number of halogens is 3. The molecule has 2 heterocycles. The molecule has 1 aliphatic rings. The molecule has 1 aromatic carbocycles. The Hall–Kier alpha value is -2.42. The van der Waals surface area contributed by atoms with Crippen LogP contribution in [-0.2, 0) is 11.0 Å². The van der Waals surface area contributed by atoms with Crippen LogP contribution in [0.1, 0.15) is 12.0 Å². The van der Waals surface area contributed by atoms with Crippen molar-refractivity contribution in [1.29, 1.82) is 0 Å². The van der Waals surface area contributed by atoms with Crippen molar-refractivity contribution in [1.82, 2.24) is 9.88 Å². The number of thioether (sulfide) groups is 1. The average molecular weight is 425 g/mol.